The summed E-state index contributed by atoms with van der Waals surface area (Å²) in [5, 5.41) is 31.3. The van der Waals surface area contributed by atoms with Crippen LogP contribution in [0.4, 0.5) is 0 Å². The van der Waals surface area contributed by atoms with E-state index in [-0.39, 0.29) is 15.2 Å². The molecule has 1 aliphatic heterocycles. The molecule has 0 radical (unpaired) electrons. The van der Waals surface area contributed by atoms with Crippen molar-refractivity contribution in [2.45, 2.75) is 23.4 Å². The highest BCUT2D eigenvalue weighted by Crippen LogP contribution is 2.27. The molecule has 6 heteroatoms. The molecule has 1 aliphatic rings. The molecule has 12 heavy (non-hydrogen) atoms. The number of halogens is 1. The fourth-order valence-corrected chi connectivity index (χ4v) is 2.13. The number of hydroxylamine groups is 4. The van der Waals surface area contributed by atoms with Crippen LogP contribution >= 0.6 is 22.6 Å². The molecular weight excluding hydrogens is 275 g/mol. The summed E-state index contributed by atoms with van der Waals surface area (Å²) in [6.45, 7) is 2.11. The van der Waals surface area contributed by atoms with Crippen molar-refractivity contribution in [1.82, 2.24) is 10.3 Å². The Kier molecular flexibility index (Phi) is 3.68. The van der Waals surface area contributed by atoms with Crippen LogP contribution in [0.5, 0.6) is 0 Å². The van der Waals surface area contributed by atoms with Crippen LogP contribution in [0.3, 0.4) is 0 Å². The Hall–Kier alpha value is 0.530. The molecule has 5 nitrogen and oxygen atoms in total. The summed E-state index contributed by atoms with van der Waals surface area (Å²) in [6, 6.07) is -0.433. The summed E-state index contributed by atoms with van der Waals surface area (Å²) < 4.78 is -0.201. The molecule has 0 spiro atoms. The van der Waals surface area contributed by atoms with Crippen molar-refractivity contribution in [3.8, 4) is 0 Å². The fraction of sp³-hybridized carbons (Fsp3) is 1.00. The third kappa shape index (κ3) is 2.27. The summed E-state index contributed by atoms with van der Waals surface area (Å²) in [5.74, 6) is -0.0731. The zero-order valence-corrected chi connectivity index (χ0v) is 8.84. The molecular formula is C6H11IN2O3-2. The monoisotopic (exact) mass is 286 g/mol. The summed E-state index contributed by atoms with van der Waals surface area (Å²) in [7, 11) is 0. The van der Waals surface area contributed by atoms with E-state index in [2.05, 4.69) is 0 Å². The van der Waals surface area contributed by atoms with E-state index in [1.807, 2.05) is 22.6 Å². The molecule has 3 atom stereocenters. The Bertz CT molecular complexity index is 158. The first-order valence-electron chi connectivity index (χ1n) is 3.75. The van der Waals surface area contributed by atoms with Gasteiger partial charge in [-0.3, -0.25) is 5.23 Å². The van der Waals surface area contributed by atoms with E-state index in [0.29, 0.717) is 13.0 Å². The van der Waals surface area contributed by atoms with Gasteiger partial charge in [0, 0.05) is 6.04 Å². The number of rotatable bonds is 1. The van der Waals surface area contributed by atoms with Gasteiger partial charge in [0.1, 0.15) is 0 Å². The smallest absolute Gasteiger partial charge is 0.0521 e. The predicted octanol–water partition coefficient (Wildman–Crippen LogP) is 1.14. The minimum absolute atomic E-state index is 0.0245. The maximum Gasteiger partial charge on any atom is 0.0521 e. The second kappa shape index (κ2) is 4.16. The first kappa shape index (κ1) is 10.6. The maximum absolute atomic E-state index is 11.1. The average molecular weight is 286 g/mol. The summed E-state index contributed by atoms with van der Waals surface area (Å²) in [5.41, 5.74) is 0. The minimum atomic E-state index is -0.433. The van der Waals surface area contributed by atoms with Crippen LogP contribution in [0.25, 0.3) is 0 Å². The van der Waals surface area contributed by atoms with Gasteiger partial charge in [0.15, 0.2) is 0 Å². The number of hydrogen-bond donors (Lipinski definition) is 1. The molecule has 0 saturated carbocycles. The SMILES string of the molecule is CC1CN([O-])C(I)CC1N([O-])O. The Morgan fingerprint density at radius 2 is 2.25 bits per heavy atom. The van der Waals surface area contributed by atoms with Crippen LogP contribution in [0.1, 0.15) is 13.3 Å². The number of hydrogen-bond acceptors (Lipinski definition) is 5. The van der Waals surface area contributed by atoms with Gasteiger partial charge in [0.25, 0.3) is 0 Å². The molecule has 0 aromatic rings. The molecule has 1 heterocycles. The van der Waals surface area contributed by atoms with Crippen molar-refractivity contribution in [2.24, 2.45) is 5.92 Å². The van der Waals surface area contributed by atoms with Crippen molar-refractivity contribution < 1.29 is 5.21 Å². The lowest BCUT2D eigenvalue weighted by Gasteiger charge is -2.48. The molecule has 0 amide bonds. The Morgan fingerprint density at radius 1 is 1.67 bits per heavy atom. The van der Waals surface area contributed by atoms with Crippen LogP contribution < -0.4 is 0 Å². The highest BCUT2D eigenvalue weighted by atomic mass is 127. The molecule has 1 rings (SSSR count). The molecule has 0 bridgehead atoms. The molecule has 1 fully saturated rings. The summed E-state index contributed by atoms with van der Waals surface area (Å²) >= 11 is 1.98. The topological polar surface area (TPSA) is 72.8 Å². The quantitative estimate of drug-likeness (QED) is 0.339. The largest absolute Gasteiger partial charge is 0.784 e. The zero-order chi connectivity index (χ0) is 9.30. The van der Waals surface area contributed by atoms with E-state index in [1.165, 1.54) is 0 Å². The molecule has 72 valence electrons. The van der Waals surface area contributed by atoms with E-state index in [1.54, 1.807) is 6.92 Å². The number of alkyl halides is 1. The Labute approximate surface area is 84.6 Å². The number of piperidine rings is 1. The Balaban J connectivity index is 2.55. The van der Waals surface area contributed by atoms with Gasteiger partial charge in [-0.1, -0.05) is 29.5 Å². The van der Waals surface area contributed by atoms with Gasteiger partial charge in [-0.25, -0.2) is 0 Å². The third-order valence-corrected chi connectivity index (χ3v) is 3.29. The van der Waals surface area contributed by atoms with Crippen LogP contribution in [-0.4, -0.2) is 32.1 Å². The minimum Gasteiger partial charge on any atom is -0.784 e. The molecule has 0 aromatic heterocycles. The third-order valence-electron chi connectivity index (χ3n) is 2.16. The van der Waals surface area contributed by atoms with Gasteiger partial charge in [0.2, 0.25) is 0 Å². The first-order chi connectivity index (χ1) is 5.52. The zero-order valence-electron chi connectivity index (χ0n) is 6.68. The lowest BCUT2D eigenvalue weighted by atomic mass is 9.96. The maximum atomic E-state index is 11.1. The van der Waals surface area contributed by atoms with Gasteiger partial charge >= 0.3 is 0 Å². The van der Waals surface area contributed by atoms with E-state index in [4.69, 9.17) is 5.21 Å². The van der Waals surface area contributed by atoms with Gasteiger partial charge in [-0.05, 0) is 18.9 Å². The lowest BCUT2D eigenvalue weighted by Crippen LogP contribution is -2.48. The normalized spacial score (nSPS) is 39.0. The van der Waals surface area contributed by atoms with Gasteiger partial charge < -0.3 is 20.7 Å². The molecule has 0 aromatic carbocycles. The molecule has 1 saturated heterocycles. The molecule has 1 N–H and O–H groups in total. The predicted molar refractivity (Wildman–Crippen MR) is 52.4 cm³/mol. The van der Waals surface area contributed by atoms with Gasteiger partial charge in [0.05, 0.1) is 4.05 Å². The molecule has 3 unspecified atom stereocenters. The highest BCUT2D eigenvalue weighted by molar-refractivity contribution is 14.1. The van der Waals surface area contributed by atoms with Crippen molar-refractivity contribution in [1.29, 1.82) is 0 Å². The van der Waals surface area contributed by atoms with E-state index >= 15 is 0 Å². The van der Waals surface area contributed by atoms with Crippen molar-refractivity contribution >= 4 is 22.6 Å². The average Bonchev–Trinajstić information content (AvgIpc) is 1.96. The van der Waals surface area contributed by atoms with E-state index in [0.717, 1.165) is 5.06 Å². The highest BCUT2D eigenvalue weighted by Gasteiger charge is 2.28. The number of nitrogens with zero attached hydrogens (tertiary/aromatic N) is 2. The van der Waals surface area contributed by atoms with Crippen LogP contribution in [0.15, 0.2) is 0 Å². The van der Waals surface area contributed by atoms with Crippen molar-refractivity contribution in [3.63, 3.8) is 0 Å². The van der Waals surface area contributed by atoms with E-state index < -0.39 is 6.04 Å². The fourth-order valence-electron chi connectivity index (χ4n) is 1.38. The molecule has 0 aliphatic carbocycles. The van der Waals surface area contributed by atoms with Gasteiger partial charge in [-0.2, -0.15) is 0 Å². The van der Waals surface area contributed by atoms with Crippen molar-refractivity contribution in [3.05, 3.63) is 10.4 Å². The van der Waals surface area contributed by atoms with Crippen LogP contribution in [0, 0.1) is 16.3 Å². The summed E-state index contributed by atoms with van der Waals surface area (Å²) in [4.78, 5) is 0. The van der Waals surface area contributed by atoms with E-state index in [9.17, 15) is 10.4 Å². The lowest BCUT2D eigenvalue weighted by molar-refractivity contribution is -0.109. The van der Waals surface area contributed by atoms with Crippen molar-refractivity contribution in [2.75, 3.05) is 6.54 Å². The van der Waals surface area contributed by atoms with Gasteiger partial charge in [-0.15, -0.1) is 0 Å². The standard InChI is InChI=1S/C6H11IN2O3/c1-4-3-8(10)6(7)2-5(4)9(11)12/h4-6,11H,2-3H2,1H3/q-2. The second-order valence-corrected chi connectivity index (χ2v) is 4.55. The van der Waals surface area contributed by atoms with Crippen LogP contribution in [0.2, 0.25) is 0 Å². The first-order valence-corrected chi connectivity index (χ1v) is 5.00. The second-order valence-electron chi connectivity index (χ2n) is 3.12. The van der Waals surface area contributed by atoms with Crippen LogP contribution in [-0.2, 0) is 0 Å². The summed E-state index contributed by atoms with van der Waals surface area (Å²) in [6.07, 6.45) is 0.422. The Morgan fingerprint density at radius 3 is 2.75 bits per heavy atom.